The SMILES string of the molecule is Nc1c(Cl)cc(CBr)cc1OC(F)(F)F. The molecule has 0 saturated carbocycles. The number of hydrogen-bond donors (Lipinski definition) is 1. The largest absolute Gasteiger partial charge is 0.573 e. The summed E-state index contributed by atoms with van der Waals surface area (Å²) < 4.78 is 39.6. The van der Waals surface area contributed by atoms with E-state index in [9.17, 15) is 13.2 Å². The molecule has 1 aromatic carbocycles. The molecule has 0 aliphatic carbocycles. The lowest BCUT2D eigenvalue weighted by atomic mass is 10.2. The molecule has 0 aliphatic rings. The van der Waals surface area contributed by atoms with Crippen molar-refractivity contribution >= 4 is 33.2 Å². The zero-order valence-corrected chi connectivity index (χ0v) is 9.58. The molecule has 0 fully saturated rings. The van der Waals surface area contributed by atoms with E-state index in [1.165, 1.54) is 12.1 Å². The Bertz CT molecular complexity index is 370. The Morgan fingerprint density at radius 1 is 1.40 bits per heavy atom. The maximum atomic E-state index is 12.0. The molecule has 84 valence electrons. The second-order valence-corrected chi connectivity index (χ2v) is 3.64. The maximum Gasteiger partial charge on any atom is 0.573 e. The fourth-order valence-corrected chi connectivity index (χ4v) is 1.49. The second kappa shape index (κ2) is 4.49. The summed E-state index contributed by atoms with van der Waals surface area (Å²) in [5.41, 5.74) is 5.67. The number of rotatable bonds is 2. The van der Waals surface area contributed by atoms with Gasteiger partial charge in [-0.1, -0.05) is 27.5 Å². The fourth-order valence-electron chi connectivity index (χ4n) is 0.932. The van der Waals surface area contributed by atoms with Crippen LogP contribution in [0.4, 0.5) is 18.9 Å². The standard InChI is InChI=1S/C8H6BrClF3NO/c9-3-4-1-5(10)7(14)6(2-4)15-8(11,12)13/h1-2H,3,14H2. The first kappa shape index (κ1) is 12.4. The highest BCUT2D eigenvalue weighted by atomic mass is 79.9. The zero-order valence-electron chi connectivity index (χ0n) is 7.24. The lowest BCUT2D eigenvalue weighted by molar-refractivity contribution is -0.274. The van der Waals surface area contributed by atoms with Crippen LogP contribution in [0.5, 0.6) is 5.75 Å². The molecular weight excluding hydrogens is 298 g/mol. The summed E-state index contributed by atoms with van der Waals surface area (Å²) in [6.07, 6.45) is -4.78. The smallest absolute Gasteiger partial charge is 0.404 e. The van der Waals surface area contributed by atoms with Crippen LogP contribution in [-0.4, -0.2) is 6.36 Å². The summed E-state index contributed by atoms with van der Waals surface area (Å²) >= 11 is 8.73. The topological polar surface area (TPSA) is 35.2 Å². The summed E-state index contributed by atoms with van der Waals surface area (Å²) in [5.74, 6) is -0.482. The van der Waals surface area contributed by atoms with E-state index in [4.69, 9.17) is 17.3 Å². The molecule has 0 heterocycles. The van der Waals surface area contributed by atoms with E-state index in [-0.39, 0.29) is 10.7 Å². The van der Waals surface area contributed by atoms with Gasteiger partial charge in [-0.2, -0.15) is 0 Å². The second-order valence-electron chi connectivity index (χ2n) is 2.67. The molecule has 0 aromatic heterocycles. The number of nitrogens with two attached hydrogens (primary N) is 1. The Kier molecular flexibility index (Phi) is 3.72. The van der Waals surface area contributed by atoms with Crippen molar-refractivity contribution in [3.8, 4) is 5.75 Å². The van der Waals surface area contributed by atoms with Crippen molar-refractivity contribution in [2.45, 2.75) is 11.7 Å². The van der Waals surface area contributed by atoms with Gasteiger partial charge in [0.25, 0.3) is 0 Å². The predicted molar refractivity (Wildman–Crippen MR) is 55.2 cm³/mol. The van der Waals surface area contributed by atoms with Gasteiger partial charge in [-0.3, -0.25) is 0 Å². The fraction of sp³-hybridized carbons (Fsp3) is 0.250. The number of benzene rings is 1. The Morgan fingerprint density at radius 2 is 2.00 bits per heavy atom. The van der Waals surface area contributed by atoms with Crippen molar-refractivity contribution in [1.29, 1.82) is 0 Å². The van der Waals surface area contributed by atoms with Crippen LogP contribution < -0.4 is 10.5 Å². The molecule has 7 heteroatoms. The number of hydrogen-bond acceptors (Lipinski definition) is 2. The van der Waals surface area contributed by atoms with Crippen LogP contribution in [0, 0.1) is 0 Å². The number of anilines is 1. The third-order valence-electron chi connectivity index (χ3n) is 1.53. The van der Waals surface area contributed by atoms with Crippen molar-refractivity contribution in [1.82, 2.24) is 0 Å². The predicted octanol–water partition coefficient (Wildman–Crippen LogP) is 3.72. The van der Waals surface area contributed by atoms with Crippen LogP contribution in [0.25, 0.3) is 0 Å². The van der Waals surface area contributed by atoms with E-state index in [2.05, 4.69) is 20.7 Å². The van der Waals surface area contributed by atoms with Crippen LogP contribution in [-0.2, 0) is 5.33 Å². The molecule has 0 aliphatic heterocycles. The van der Waals surface area contributed by atoms with Crippen LogP contribution in [0.1, 0.15) is 5.56 Å². The Morgan fingerprint density at radius 3 is 2.47 bits per heavy atom. The normalized spacial score (nSPS) is 11.5. The van der Waals surface area contributed by atoms with Gasteiger partial charge in [0.15, 0.2) is 5.75 Å². The van der Waals surface area contributed by atoms with E-state index >= 15 is 0 Å². The van der Waals surface area contributed by atoms with Gasteiger partial charge in [0.1, 0.15) is 0 Å². The first-order chi connectivity index (χ1) is 6.83. The Balaban J connectivity index is 3.11. The molecular formula is C8H6BrClF3NO. The van der Waals surface area contributed by atoms with E-state index in [1.54, 1.807) is 0 Å². The molecule has 1 aromatic rings. The highest BCUT2D eigenvalue weighted by Gasteiger charge is 2.32. The molecule has 0 saturated heterocycles. The Hall–Kier alpha value is -0.620. The third-order valence-corrected chi connectivity index (χ3v) is 2.49. The minimum atomic E-state index is -4.78. The molecule has 0 radical (unpaired) electrons. The van der Waals surface area contributed by atoms with Crippen molar-refractivity contribution in [3.63, 3.8) is 0 Å². The van der Waals surface area contributed by atoms with Crippen molar-refractivity contribution < 1.29 is 17.9 Å². The zero-order chi connectivity index (χ0) is 11.6. The summed E-state index contributed by atoms with van der Waals surface area (Å²) in [6, 6.07) is 2.65. The van der Waals surface area contributed by atoms with Gasteiger partial charge in [-0.25, -0.2) is 0 Å². The molecule has 15 heavy (non-hydrogen) atoms. The number of nitrogen functional groups attached to an aromatic ring is 1. The van der Waals surface area contributed by atoms with E-state index in [0.717, 1.165) is 0 Å². The molecule has 1 rings (SSSR count). The molecule has 2 nitrogen and oxygen atoms in total. The van der Waals surface area contributed by atoms with Gasteiger partial charge in [-0.15, -0.1) is 13.2 Å². The number of halogens is 5. The monoisotopic (exact) mass is 303 g/mol. The minimum absolute atomic E-state index is 0.0335. The Labute approximate surface area is 97.3 Å². The van der Waals surface area contributed by atoms with Crippen molar-refractivity contribution in [2.75, 3.05) is 5.73 Å². The lowest BCUT2D eigenvalue weighted by Gasteiger charge is -2.13. The molecule has 0 spiro atoms. The maximum absolute atomic E-state index is 12.0. The third kappa shape index (κ3) is 3.46. The average molecular weight is 304 g/mol. The lowest BCUT2D eigenvalue weighted by Crippen LogP contribution is -2.18. The van der Waals surface area contributed by atoms with E-state index in [0.29, 0.717) is 10.9 Å². The quantitative estimate of drug-likeness (QED) is 0.667. The molecule has 0 atom stereocenters. The first-order valence-electron chi connectivity index (χ1n) is 3.73. The van der Waals surface area contributed by atoms with Crippen molar-refractivity contribution in [2.24, 2.45) is 0 Å². The van der Waals surface area contributed by atoms with Crippen molar-refractivity contribution in [3.05, 3.63) is 22.7 Å². The van der Waals surface area contributed by atoms with E-state index < -0.39 is 12.1 Å². The summed E-state index contributed by atoms with van der Waals surface area (Å²) in [4.78, 5) is 0. The van der Waals surface area contributed by atoms with Crippen LogP contribution in [0.3, 0.4) is 0 Å². The van der Waals surface area contributed by atoms with Gasteiger partial charge in [0.2, 0.25) is 0 Å². The minimum Gasteiger partial charge on any atom is -0.404 e. The molecule has 0 unspecified atom stereocenters. The molecule has 2 N–H and O–H groups in total. The first-order valence-corrected chi connectivity index (χ1v) is 5.23. The van der Waals surface area contributed by atoms with Gasteiger partial charge >= 0.3 is 6.36 Å². The average Bonchev–Trinajstić information content (AvgIpc) is 2.10. The van der Waals surface area contributed by atoms with Crippen LogP contribution in [0.2, 0.25) is 5.02 Å². The van der Waals surface area contributed by atoms with Gasteiger partial charge in [0, 0.05) is 5.33 Å². The molecule has 0 bridgehead atoms. The van der Waals surface area contributed by atoms with Gasteiger partial charge in [0.05, 0.1) is 10.7 Å². The van der Waals surface area contributed by atoms with Gasteiger partial charge in [-0.05, 0) is 17.7 Å². The number of ether oxygens (including phenoxy) is 1. The van der Waals surface area contributed by atoms with Crippen LogP contribution >= 0.6 is 27.5 Å². The highest BCUT2D eigenvalue weighted by Crippen LogP contribution is 2.35. The summed E-state index contributed by atoms with van der Waals surface area (Å²) in [6.45, 7) is 0. The summed E-state index contributed by atoms with van der Waals surface area (Å²) in [7, 11) is 0. The highest BCUT2D eigenvalue weighted by molar-refractivity contribution is 9.08. The summed E-state index contributed by atoms with van der Waals surface area (Å²) in [5, 5.41) is 0.396. The van der Waals surface area contributed by atoms with Gasteiger partial charge < -0.3 is 10.5 Å². The van der Waals surface area contributed by atoms with E-state index in [1.807, 2.05) is 0 Å². The molecule has 0 amide bonds. The van der Waals surface area contributed by atoms with Crippen LogP contribution in [0.15, 0.2) is 12.1 Å². The number of alkyl halides is 4.